The van der Waals surface area contributed by atoms with Crippen molar-refractivity contribution in [3.8, 4) is 5.75 Å². The zero-order valence-electron chi connectivity index (χ0n) is 11.5. The molecule has 0 radical (unpaired) electrons. The van der Waals surface area contributed by atoms with Crippen LogP contribution in [0.1, 0.15) is 30.0 Å². The smallest absolute Gasteiger partial charge is 0.227 e. The molecule has 0 amide bonds. The molecule has 1 heterocycles. The molecule has 0 saturated heterocycles. The molecule has 5 heteroatoms. The van der Waals surface area contributed by atoms with Gasteiger partial charge >= 0.3 is 0 Å². The maximum Gasteiger partial charge on any atom is 0.227 e. The largest absolute Gasteiger partial charge is 0.496 e. The Balaban J connectivity index is 1.94. The van der Waals surface area contributed by atoms with Gasteiger partial charge in [0, 0.05) is 24.6 Å². The zero-order chi connectivity index (χ0) is 13.7. The SMILES string of the molecule is COc1cc(C)ccc1C(C)NCCc1ncno1. The molecule has 0 fully saturated rings. The van der Waals surface area contributed by atoms with E-state index < -0.39 is 0 Å². The Hall–Kier alpha value is -1.88. The summed E-state index contributed by atoms with van der Waals surface area (Å²) < 4.78 is 10.4. The van der Waals surface area contributed by atoms with E-state index in [1.807, 2.05) is 6.07 Å². The molecule has 1 N–H and O–H groups in total. The zero-order valence-corrected chi connectivity index (χ0v) is 11.5. The summed E-state index contributed by atoms with van der Waals surface area (Å²) in [5.41, 5.74) is 2.34. The van der Waals surface area contributed by atoms with Gasteiger partial charge in [-0.15, -0.1) is 0 Å². The van der Waals surface area contributed by atoms with E-state index in [0.717, 1.165) is 24.3 Å². The molecule has 0 aliphatic rings. The Labute approximate surface area is 113 Å². The molecule has 1 unspecified atom stereocenters. The number of nitrogens with zero attached hydrogens (tertiary/aromatic N) is 2. The van der Waals surface area contributed by atoms with E-state index in [2.05, 4.69) is 41.4 Å². The molecule has 102 valence electrons. The average Bonchev–Trinajstić information content (AvgIpc) is 2.91. The number of hydrogen-bond donors (Lipinski definition) is 1. The van der Waals surface area contributed by atoms with Gasteiger partial charge in [-0.05, 0) is 25.5 Å². The molecule has 2 aromatic rings. The van der Waals surface area contributed by atoms with Gasteiger partial charge in [-0.1, -0.05) is 17.3 Å². The van der Waals surface area contributed by atoms with E-state index in [1.54, 1.807) is 7.11 Å². The van der Waals surface area contributed by atoms with E-state index in [1.165, 1.54) is 11.9 Å². The minimum atomic E-state index is 0.207. The van der Waals surface area contributed by atoms with Crippen molar-refractivity contribution in [1.82, 2.24) is 15.5 Å². The number of benzene rings is 1. The molecular weight excluding hydrogens is 242 g/mol. The van der Waals surface area contributed by atoms with Crippen molar-refractivity contribution in [2.24, 2.45) is 0 Å². The fourth-order valence-corrected chi connectivity index (χ4v) is 1.99. The normalized spacial score (nSPS) is 12.4. The van der Waals surface area contributed by atoms with Crippen LogP contribution < -0.4 is 10.1 Å². The quantitative estimate of drug-likeness (QED) is 0.864. The van der Waals surface area contributed by atoms with Gasteiger partial charge in [0.05, 0.1) is 7.11 Å². The van der Waals surface area contributed by atoms with E-state index in [9.17, 15) is 0 Å². The molecule has 0 aliphatic carbocycles. The summed E-state index contributed by atoms with van der Waals surface area (Å²) in [6, 6.07) is 6.44. The second-order valence-corrected chi connectivity index (χ2v) is 4.51. The molecule has 1 atom stereocenters. The second kappa shape index (κ2) is 6.33. The summed E-state index contributed by atoms with van der Waals surface area (Å²) in [4.78, 5) is 3.99. The van der Waals surface area contributed by atoms with Crippen molar-refractivity contribution >= 4 is 0 Å². The predicted octanol–water partition coefficient (Wildman–Crippen LogP) is 2.28. The molecule has 0 saturated carbocycles. The fourth-order valence-electron chi connectivity index (χ4n) is 1.99. The first kappa shape index (κ1) is 13.5. The van der Waals surface area contributed by atoms with Crippen molar-refractivity contribution in [2.75, 3.05) is 13.7 Å². The van der Waals surface area contributed by atoms with Crippen LogP contribution in [0.3, 0.4) is 0 Å². The van der Waals surface area contributed by atoms with Crippen LogP contribution in [0.4, 0.5) is 0 Å². The topological polar surface area (TPSA) is 60.2 Å². The maximum atomic E-state index is 5.42. The van der Waals surface area contributed by atoms with Gasteiger partial charge in [0.15, 0.2) is 6.33 Å². The highest BCUT2D eigenvalue weighted by molar-refractivity contribution is 5.39. The van der Waals surface area contributed by atoms with Gasteiger partial charge in [-0.3, -0.25) is 0 Å². The first-order valence-corrected chi connectivity index (χ1v) is 6.34. The Morgan fingerprint density at radius 3 is 2.95 bits per heavy atom. The number of rotatable bonds is 6. The number of aryl methyl sites for hydroxylation is 1. The lowest BCUT2D eigenvalue weighted by molar-refractivity contribution is 0.370. The molecule has 0 bridgehead atoms. The Kier molecular flexibility index (Phi) is 4.52. The van der Waals surface area contributed by atoms with Crippen LogP contribution in [0.2, 0.25) is 0 Å². The van der Waals surface area contributed by atoms with Gasteiger partial charge in [0.2, 0.25) is 5.89 Å². The number of methoxy groups -OCH3 is 1. The maximum absolute atomic E-state index is 5.42. The van der Waals surface area contributed by atoms with Crippen molar-refractivity contribution in [3.05, 3.63) is 41.5 Å². The molecule has 0 aliphatic heterocycles. The van der Waals surface area contributed by atoms with E-state index >= 15 is 0 Å². The molecule has 2 rings (SSSR count). The minimum absolute atomic E-state index is 0.207. The Bertz CT molecular complexity index is 511. The lowest BCUT2D eigenvalue weighted by atomic mass is 10.0. The fraction of sp³-hybridized carbons (Fsp3) is 0.429. The molecule has 19 heavy (non-hydrogen) atoms. The molecule has 0 spiro atoms. The van der Waals surface area contributed by atoms with Crippen LogP contribution >= 0.6 is 0 Å². The number of aromatic nitrogens is 2. The van der Waals surface area contributed by atoms with Gasteiger partial charge in [-0.25, -0.2) is 0 Å². The number of nitrogens with one attached hydrogen (secondary N) is 1. The van der Waals surface area contributed by atoms with Gasteiger partial charge < -0.3 is 14.6 Å². The van der Waals surface area contributed by atoms with Crippen molar-refractivity contribution in [1.29, 1.82) is 0 Å². The van der Waals surface area contributed by atoms with Crippen molar-refractivity contribution in [3.63, 3.8) is 0 Å². The Morgan fingerprint density at radius 1 is 1.42 bits per heavy atom. The molecular formula is C14H19N3O2. The highest BCUT2D eigenvalue weighted by Gasteiger charge is 2.11. The van der Waals surface area contributed by atoms with Crippen LogP contribution in [-0.4, -0.2) is 23.8 Å². The third kappa shape index (κ3) is 3.54. The highest BCUT2D eigenvalue weighted by atomic mass is 16.5. The standard InChI is InChI=1S/C14H19N3O2/c1-10-4-5-12(13(8-10)18-3)11(2)15-7-6-14-16-9-17-19-14/h4-5,8-9,11,15H,6-7H2,1-3H3. The molecule has 1 aromatic heterocycles. The monoisotopic (exact) mass is 261 g/mol. The third-order valence-corrected chi connectivity index (χ3v) is 3.05. The lowest BCUT2D eigenvalue weighted by Gasteiger charge is -2.17. The van der Waals surface area contributed by atoms with Gasteiger partial charge in [0.25, 0.3) is 0 Å². The van der Waals surface area contributed by atoms with Gasteiger partial charge in [0.1, 0.15) is 5.75 Å². The van der Waals surface area contributed by atoms with Crippen LogP contribution in [0.5, 0.6) is 5.75 Å². The van der Waals surface area contributed by atoms with E-state index in [-0.39, 0.29) is 6.04 Å². The van der Waals surface area contributed by atoms with E-state index in [0.29, 0.717) is 5.89 Å². The van der Waals surface area contributed by atoms with Crippen LogP contribution in [0.25, 0.3) is 0 Å². The summed E-state index contributed by atoms with van der Waals surface area (Å²) in [5, 5.41) is 7.00. The summed E-state index contributed by atoms with van der Waals surface area (Å²) >= 11 is 0. The highest BCUT2D eigenvalue weighted by Crippen LogP contribution is 2.25. The summed E-state index contributed by atoms with van der Waals surface area (Å²) in [6.45, 7) is 4.95. The van der Waals surface area contributed by atoms with Crippen molar-refractivity contribution < 1.29 is 9.26 Å². The predicted molar refractivity (Wildman–Crippen MR) is 72.2 cm³/mol. The van der Waals surface area contributed by atoms with Crippen LogP contribution in [0.15, 0.2) is 29.0 Å². The summed E-state index contributed by atoms with van der Waals surface area (Å²) in [7, 11) is 1.70. The summed E-state index contributed by atoms with van der Waals surface area (Å²) in [5.74, 6) is 1.56. The molecule has 1 aromatic carbocycles. The van der Waals surface area contributed by atoms with Crippen LogP contribution in [0, 0.1) is 6.92 Å². The Morgan fingerprint density at radius 2 is 2.26 bits per heavy atom. The number of ether oxygens (including phenoxy) is 1. The second-order valence-electron chi connectivity index (χ2n) is 4.51. The summed E-state index contributed by atoms with van der Waals surface area (Å²) in [6.07, 6.45) is 2.14. The molecule has 5 nitrogen and oxygen atoms in total. The minimum Gasteiger partial charge on any atom is -0.496 e. The van der Waals surface area contributed by atoms with Crippen molar-refractivity contribution in [2.45, 2.75) is 26.3 Å². The van der Waals surface area contributed by atoms with Crippen LogP contribution in [-0.2, 0) is 6.42 Å². The third-order valence-electron chi connectivity index (χ3n) is 3.05. The van der Waals surface area contributed by atoms with E-state index in [4.69, 9.17) is 9.26 Å². The lowest BCUT2D eigenvalue weighted by Crippen LogP contribution is -2.22. The average molecular weight is 261 g/mol. The number of hydrogen-bond acceptors (Lipinski definition) is 5. The first-order valence-electron chi connectivity index (χ1n) is 6.34. The first-order chi connectivity index (χ1) is 9.20. The van der Waals surface area contributed by atoms with Gasteiger partial charge in [-0.2, -0.15) is 4.98 Å².